The highest BCUT2D eigenvalue weighted by atomic mass is 14.7. The number of hydrogen-bond donors (Lipinski definition) is 0. The fraction of sp³-hybridized carbons (Fsp3) is 1.00. The van der Waals surface area contributed by atoms with Gasteiger partial charge in [-0.15, -0.1) is 0 Å². The van der Waals surface area contributed by atoms with Gasteiger partial charge in [-0.2, -0.15) is 0 Å². The predicted molar refractivity (Wildman–Crippen MR) is 32.5 cm³/mol. The van der Waals surface area contributed by atoms with Gasteiger partial charge in [0.05, 0.1) is 0 Å². The van der Waals surface area contributed by atoms with Crippen LogP contribution in [0.4, 0.5) is 0 Å². The van der Waals surface area contributed by atoms with Crippen LogP contribution in [0, 0.1) is 17.3 Å². The van der Waals surface area contributed by atoms with Crippen molar-refractivity contribution < 1.29 is 0 Å². The Morgan fingerprint density at radius 3 is 2.12 bits per heavy atom. The Balaban J connectivity index is 2.02. The molecular formula is C8H12. The Hall–Kier alpha value is 0. The lowest BCUT2D eigenvalue weighted by Crippen LogP contribution is -2.24. The first-order valence-corrected chi connectivity index (χ1v) is 3.92. The molecule has 8 heavy (non-hydrogen) atoms. The van der Waals surface area contributed by atoms with Gasteiger partial charge in [0.2, 0.25) is 0 Å². The third-order valence-electron chi connectivity index (χ3n) is 3.91. The molecule has 0 heteroatoms. The van der Waals surface area contributed by atoms with Crippen molar-refractivity contribution in [1.82, 2.24) is 0 Å². The molecular weight excluding hydrogens is 96.1 g/mol. The van der Waals surface area contributed by atoms with E-state index in [0.29, 0.717) is 0 Å². The van der Waals surface area contributed by atoms with E-state index in [-0.39, 0.29) is 0 Å². The van der Waals surface area contributed by atoms with Crippen LogP contribution in [0.25, 0.3) is 0 Å². The standard InChI is InChI=1S/C8H12/c1-2-7-5-8(7)4-3-6(1)8/h6-7H,1-5H2/t6-,7+,8+/m0/s1. The van der Waals surface area contributed by atoms with Crippen LogP contribution >= 0.6 is 0 Å². The monoisotopic (exact) mass is 108 g/mol. The quantitative estimate of drug-likeness (QED) is 0.446. The van der Waals surface area contributed by atoms with Crippen molar-refractivity contribution in [3.05, 3.63) is 0 Å². The van der Waals surface area contributed by atoms with Crippen LogP contribution in [0.15, 0.2) is 0 Å². The second kappa shape index (κ2) is 0.872. The van der Waals surface area contributed by atoms with Crippen LogP contribution in [-0.2, 0) is 0 Å². The minimum absolute atomic E-state index is 1.00. The molecule has 1 spiro atoms. The largest absolute Gasteiger partial charge is 0.0496 e. The molecule has 3 aliphatic carbocycles. The maximum absolute atomic E-state index is 1.62. The Bertz CT molecular complexity index is 133. The summed E-state index contributed by atoms with van der Waals surface area (Å²) >= 11 is 0. The molecule has 3 fully saturated rings. The average Bonchev–Trinajstić information content (AvgIpc) is 2.36. The lowest BCUT2D eigenvalue weighted by atomic mass is 9.71. The summed E-state index contributed by atoms with van der Waals surface area (Å²) in [7, 11) is 0. The molecule has 0 radical (unpaired) electrons. The molecule has 0 aromatic carbocycles. The number of rotatable bonds is 0. The van der Waals surface area contributed by atoms with E-state index < -0.39 is 0 Å². The SMILES string of the molecule is C1C[C@@H]2C[C@@]23CC[C@H]13. The van der Waals surface area contributed by atoms with Gasteiger partial charge in [0.1, 0.15) is 0 Å². The zero-order valence-corrected chi connectivity index (χ0v) is 5.19. The predicted octanol–water partition coefficient (Wildman–Crippen LogP) is 2.20. The Kier molecular flexibility index (Phi) is 0.427. The zero-order chi connectivity index (χ0) is 5.19. The summed E-state index contributed by atoms with van der Waals surface area (Å²) < 4.78 is 0. The highest BCUT2D eigenvalue weighted by Gasteiger charge is 2.66. The molecule has 3 rings (SSSR count). The molecule has 0 heterocycles. The molecule has 0 saturated heterocycles. The summed E-state index contributed by atoms with van der Waals surface area (Å²) in [5, 5.41) is 0. The van der Waals surface area contributed by atoms with E-state index in [9.17, 15) is 0 Å². The van der Waals surface area contributed by atoms with Gasteiger partial charge in [-0.25, -0.2) is 0 Å². The fourth-order valence-electron chi connectivity index (χ4n) is 3.15. The summed E-state index contributed by atoms with van der Waals surface area (Å²) in [5.74, 6) is 2.44. The van der Waals surface area contributed by atoms with E-state index in [1.54, 1.807) is 32.1 Å². The summed E-state index contributed by atoms with van der Waals surface area (Å²) in [6.45, 7) is 0. The van der Waals surface area contributed by atoms with E-state index >= 15 is 0 Å². The maximum Gasteiger partial charge on any atom is -0.0238 e. The van der Waals surface area contributed by atoms with Gasteiger partial charge in [0.25, 0.3) is 0 Å². The van der Waals surface area contributed by atoms with Crippen LogP contribution < -0.4 is 0 Å². The van der Waals surface area contributed by atoms with Gasteiger partial charge in [-0.3, -0.25) is 0 Å². The Morgan fingerprint density at radius 1 is 1.00 bits per heavy atom. The molecule has 3 saturated carbocycles. The third kappa shape index (κ3) is 0.222. The Labute approximate surface area is 50.3 Å². The average molecular weight is 108 g/mol. The third-order valence-corrected chi connectivity index (χ3v) is 3.91. The van der Waals surface area contributed by atoms with E-state index in [4.69, 9.17) is 0 Å². The Morgan fingerprint density at radius 2 is 1.88 bits per heavy atom. The molecule has 0 aromatic heterocycles. The highest BCUT2D eigenvalue weighted by Crippen LogP contribution is 2.75. The van der Waals surface area contributed by atoms with E-state index in [1.807, 2.05) is 0 Å². The van der Waals surface area contributed by atoms with Crippen molar-refractivity contribution in [3.8, 4) is 0 Å². The van der Waals surface area contributed by atoms with Gasteiger partial charge in [0, 0.05) is 0 Å². The second-order valence-corrected chi connectivity index (χ2v) is 3.95. The van der Waals surface area contributed by atoms with E-state index in [1.165, 1.54) is 11.8 Å². The van der Waals surface area contributed by atoms with Crippen LogP contribution in [0.5, 0.6) is 0 Å². The molecule has 0 aliphatic heterocycles. The number of hydrogen-bond acceptors (Lipinski definition) is 0. The summed E-state index contributed by atoms with van der Waals surface area (Å²) in [6.07, 6.45) is 7.98. The van der Waals surface area contributed by atoms with Crippen LogP contribution in [0.1, 0.15) is 32.1 Å². The first-order chi connectivity index (χ1) is 3.92. The molecule has 0 nitrogen and oxygen atoms in total. The first kappa shape index (κ1) is 3.92. The van der Waals surface area contributed by atoms with Gasteiger partial charge in [0.15, 0.2) is 0 Å². The van der Waals surface area contributed by atoms with E-state index in [0.717, 1.165) is 5.41 Å². The van der Waals surface area contributed by atoms with Crippen molar-refractivity contribution in [2.75, 3.05) is 0 Å². The molecule has 3 aliphatic rings. The smallest absolute Gasteiger partial charge is 0.0238 e. The lowest BCUT2D eigenvalue weighted by Gasteiger charge is -2.33. The summed E-state index contributed by atoms with van der Waals surface area (Å²) in [6, 6.07) is 0. The molecule has 0 aromatic rings. The van der Waals surface area contributed by atoms with Gasteiger partial charge >= 0.3 is 0 Å². The van der Waals surface area contributed by atoms with Gasteiger partial charge in [-0.1, -0.05) is 0 Å². The minimum atomic E-state index is 1.00. The topological polar surface area (TPSA) is 0 Å². The minimum Gasteiger partial charge on any atom is -0.0496 e. The normalized spacial score (nSPS) is 66.0. The van der Waals surface area contributed by atoms with Crippen LogP contribution in [0.3, 0.4) is 0 Å². The lowest BCUT2D eigenvalue weighted by molar-refractivity contribution is 0.165. The van der Waals surface area contributed by atoms with Crippen molar-refractivity contribution >= 4 is 0 Å². The van der Waals surface area contributed by atoms with Crippen LogP contribution in [-0.4, -0.2) is 0 Å². The molecule has 44 valence electrons. The van der Waals surface area contributed by atoms with Crippen molar-refractivity contribution in [2.45, 2.75) is 32.1 Å². The van der Waals surface area contributed by atoms with Gasteiger partial charge < -0.3 is 0 Å². The second-order valence-electron chi connectivity index (χ2n) is 3.95. The fourth-order valence-corrected chi connectivity index (χ4v) is 3.15. The van der Waals surface area contributed by atoms with Crippen molar-refractivity contribution in [3.63, 3.8) is 0 Å². The summed E-state index contributed by atoms with van der Waals surface area (Å²) in [4.78, 5) is 0. The molecule has 0 amide bonds. The first-order valence-electron chi connectivity index (χ1n) is 3.92. The van der Waals surface area contributed by atoms with Crippen molar-refractivity contribution in [2.24, 2.45) is 17.3 Å². The molecule has 0 bridgehead atoms. The van der Waals surface area contributed by atoms with E-state index in [2.05, 4.69) is 0 Å². The highest BCUT2D eigenvalue weighted by molar-refractivity contribution is 5.16. The maximum atomic E-state index is 1.62. The molecule has 0 N–H and O–H groups in total. The zero-order valence-electron chi connectivity index (χ0n) is 5.19. The van der Waals surface area contributed by atoms with Gasteiger partial charge in [-0.05, 0) is 49.4 Å². The van der Waals surface area contributed by atoms with Crippen LogP contribution in [0.2, 0.25) is 0 Å². The van der Waals surface area contributed by atoms with Crippen molar-refractivity contribution in [1.29, 1.82) is 0 Å². The molecule has 0 unspecified atom stereocenters. The summed E-state index contributed by atoms with van der Waals surface area (Å²) in [5.41, 5.74) is 1.00. The molecule has 3 atom stereocenters.